The summed E-state index contributed by atoms with van der Waals surface area (Å²) in [6.45, 7) is 3.90. The molecule has 0 spiro atoms. The Balaban J connectivity index is 1.42. The average molecular weight is 567 g/mol. The van der Waals surface area contributed by atoms with Gasteiger partial charge in [0.1, 0.15) is 0 Å². The van der Waals surface area contributed by atoms with Crippen molar-refractivity contribution < 1.29 is 26.4 Å². The third kappa shape index (κ3) is 6.36. The van der Waals surface area contributed by atoms with Crippen LogP contribution in [0, 0.1) is 6.92 Å². The fraction of sp³-hybridized carbons (Fsp3) is 0.417. The number of morpholine rings is 1. The van der Waals surface area contributed by atoms with Gasteiger partial charge in [-0.1, -0.05) is 12.5 Å². The smallest absolute Gasteiger partial charge is 0.257 e. The molecule has 2 aromatic carbocycles. The van der Waals surface area contributed by atoms with Crippen LogP contribution in [-0.2, 0) is 24.8 Å². The van der Waals surface area contributed by atoms with Gasteiger partial charge in [-0.2, -0.15) is 8.61 Å². The Morgan fingerprint density at radius 1 is 0.838 bits per heavy atom. The number of rotatable bonds is 6. The Hall–Kier alpha value is -2.42. The van der Waals surface area contributed by atoms with Crippen LogP contribution in [0.4, 0.5) is 5.69 Å². The molecule has 2 fully saturated rings. The third-order valence-electron chi connectivity index (χ3n) is 6.35. The molecule has 0 bridgehead atoms. The zero-order valence-electron chi connectivity index (χ0n) is 20.5. The lowest BCUT2D eigenvalue weighted by molar-refractivity contribution is 0.0730. The van der Waals surface area contributed by atoms with Crippen LogP contribution < -0.4 is 10.6 Å². The topological polar surface area (TPSA) is 125 Å². The van der Waals surface area contributed by atoms with E-state index < -0.39 is 26.0 Å². The van der Waals surface area contributed by atoms with E-state index in [1.54, 1.807) is 25.1 Å². The van der Waals surface area contributed by atoms with Crippen molar-refractivity contribution in [2.45, 2.75) is 36.0 Å². The van der Waals surface area contributed by atoms with E-state index in [-0.39, 0.29) is 33.6 Å². The molecule has 2 heterocycles. The van der Waals surface area contributed by atoms with Crippen molar-refractivity contribution in [3.8, 4) is 0 Å². The minimum absolute atomic E-state index is 0.00234. The highest BCUT2D eigenvalue weighted by Crippen LogP contribution is 2.23. The molecular formula is C24H30N4O6S3. The number of ether oxygens (including phenoxy) is 1. The van der Waals surface area contributed by atoms with E-state index in [1.165, 1.54) is 32.9 Å². The van der Waals surface area contributed by atoms with Gasteiger partial charge in [0.2, 0.25) is 20.0 Å². The van der Waals surface area contributed by atoms with Crippen LogP contribution >= 0.6 is 12.2 Å². The van der Waals surface area contributed by atoms with Crippen LogP contribution in [0.2, 0.25) is 0 Å². The number of hydrogen-bond donors (Lipinski definition) is 2. The Bertz CT molecular complexity index is 1370. The molecule has 2 saturated heterocycles. The number of carbonyl (C=O) groups is 1. The summed E-state index contributed by atoms with van der Waals surface area (Å²) in [6.07, 6.45) is 2.74. The maximum absolute atomic E-state index is 13.0. The molecule has 10 nitrogen and oxygen atoms in total. The molecule has 0 aromatic heterocycles. The SMILES string of the molecule is Cc1ccc(S(=O)(=O)N2CCOCC2)cc1C(=O)NC(=S)Nc1ccc(S(=O)(=O)N2CCCCC2)cc1. The highest BCUT2D eigenvalue weighted by molar-refractivity contribution is 7.89. The van der Waals surface area contributed by atoms with Crippen LogP contribution in [0.15, 0.2) is 52.3 Å². The summed E-state index contributed by atoms with van der Waals surface area (Å²) in [4.78, 5) is 13.2. The molecule has 0 saturated carbocycles. The summed E-state index contributed by atoms with van der Waals surface area (Å²) in [5, 5.41) is 5.43. The quantitative estimate of drug-likeness (QED) is 0.511. The zero-order valence-corrected chi connectivity index (χ0v) is 22.9. The Kier molecular flexibility index (Phi) is 8.61. The van der Waals surface area contributed by atoms with Gasteiger partial charge in [0, 0.05) is 37.4 Å². The zero-order chi connectivity index (χ0) is 26.6. The molecule has 0 unspecified atom stereocenters. The van der Waals surface area contributed by atoms with Crippen molar-refractivity contribution in [1.82, 2.24) is 13.9 Å². The number of hydrogen-bond acceptors (Lipinski definition) is 7. The third-order valence-corrected chi connectivity index (χ3v) is 10.4. The van der Waals surface area contributed by atoms with E-state index in [9.17, 15) is 21.6 Å². The van der Waals surface area contributed by atoms with Gasteiger partial charge in [-0.25, -0.2) is 16.8 Å². The van der Waals surface area contributed by atoms with Gasteiger partial charge in [0.25, 0.3) is 5.91 Å². The van der Waals surface area contributed by atoms with Crippen LogP contribution in [0.25, 0.3) is 0 Å². The van der Waals surface area contributed by atoms with E-state index >= 15 is 0 Å². The molecule has 4 rings (SSSR count). The van der Waals surface area contributed by atoms with Crippen LogP contribution in [0.1, 0.15) is 35.2 Å². The highest BCUT2D eigenvalue weighted by Gasteiger charge is 2.28. The van der Waals surface area contributed by atoms with Crippen molar-refractivity contribution in [2.75, 3.05) is 44.7 Å². The van der Waals surface area contributed by atoms with Crippen molar-refractivity contribution >= 4 is 49.0 Å². The standard InChI is InChI=1S/C24H30N4O6S3/c1-18-5-8-21(37(32,33)28-13-15-34-16-14-28)17-22(18)23(29)26-24(35)25-19-6-9-20(10-7-19)36(30,31)27-11-3-2-4-12-27/h5-10,17H,2-4,11-16H2,1H3,(H2,25,26,29,35). The first-order chi connectivity index (χ1) is 17.6. The van der Waals surface area contributed by atoms with Crippen molar-refractivity contribution in [3.63, 3.8) is 0 Å². The molecule has 13 heteroatoms. The molecule has 2 aliphatic heterocycles. The number of nitrogens with zero attached hydrogens (tertiary/aromatic N) is 2. The second-order valence-electron chi connectivity index (χ2n) is 8.89. The minimum atomic E-state index is -3.76. The molecule has 2 aromatic rings. The van der Waals surface area contributed by atoms with Gasteiger partial charge >= 0.3 is 0 Å². The van der Waals surface area contributed by atoms with Crippen LogP contribution in [0.3, 0.4) is 0 Å². The number of carbonyl (C=O) groups excluding carboxylic acids is 1. The average Bonchev–Trinajstić information content (AvgIpc) is 2.90. The normalized spacial score (nSPS) is 17.8. The lowest BCUT2D eigenvalue weighted by Crippen LogP contribution is -2.40. The fourth-order valence-corrected chi connectivity index (χ4v) is 7.40. The lowest BCUT2D eigenvalue weighted by atomic mass is 10.1. The Labute approximate surface area is 223 Å². The molecule has 37 heavy (non-hydrogen) atoms. The Morgan fingerprint density at radius 2 is 1.41 bits per heavy atom. The summed E-state index contributed by atoms with van der Waals surface area (Å²) in [5.74, 6) is -0.557. The number of nitrogens with one attached hydrogen (secondary N) is 2. The first-order valence-electron chi connectivity index (χ1n) is 12.0. The van der Waals surface area contributed by atoms with Gasteiger partial charge in [-0.15, -0.1) is 0 Å². The van der Waals surface area contributed by atoms with Crippen molar-refractivity contribution in [1.29, 1.82) is 0 Å². The number of piperidine rings is 1. The van der Waals surface area contributed by atoms with Gasteiger partial charge in [-0.05, 0) is 73.9 Å². The molecular weight excluding hydrogens is 536 g/mol. The van der Waals surface area contributed by atoms with E-state index in [4.69, 9.17) is 17.0 Å². The molecule has 2 aliphatic rings. The van der Waals surface area contributed by atoms with Gasteiger partial charge in [0.15, 0.2) is 5.11 Å². The molecule has 0 aliphatic carbocycles. The van der Waals surface area contributed by atoms with Gasteiger partial charge in [-0.3, -0.25) is 10.1 Å². The molecule has 0 atom stereocenters. The van der Waals surface area contributed by atoms with E-state index in [1.807, 2.05) is 0 Å². The van der Waals surface area contributed by atoms with Crippen molar-refractivity contribution in [3.05, 3.63) is 53.6 Å². The number of amides is 1. The maximum atomic E-state index is 13.0. The Morgan fingerprint density at radius 3 is 2.05 bits per heavy atom. The molecule has 2 N–H and O–H groups in total. The largest absolute Gasteiger partial charge is 0.379 e. The molecule has 0 radical (unpaired) electrons. The summed E-state index contributed by atoms with van der Waals surface area (Å²) in [6, 6.07) is 10.6. The van der Waals surface area contributed by atoms with E-state index in [0.717, 1.165) is 19.3 Å². The van der Waals surface area contributed by atoms with E-state index in [2.05, 4.69) is 10.6 Å². The first kappa shape index (κ1) is 27.6. The summed E-state index contributed by atoms with van der Waals surface area (Å²) in [5.41, 5.74) is 1.28. The highest BCUT2D eigenvalue weighted by atomic mass is 32.2. The second-order valence-corrected chi connectivity index (χ2v) is 13.2. The van der Waals surface area contributed by atoms with Crippen LogP contribution in [0.5, 0.6) is 0 Å². The fourth-order valence-electron chi connectivity index (χ4n) is 4.24. The van der Waals surface area contributed by atoms with Crippen LogP contribution in [-0.4, -0.2) is 75.9 Å². The molecule has 1 amide bonds. The number of anilines is 1. The first-order valence-corrected chi connectivity index (χ1v) is 15.3. The van der Waals surface area contributed by atoms with Gasteiger partial charge < -0.3 is 10.1 Å². The second kappa shape index (κ2) is 11.5. The number of thiocarbonyl (C=S) groups is 1. The predicted molar refractivity (Wildman–Crippen MR) is 143 cm³/mol. The van der Waals surface area contributed by atoms with Gasteiger partial charge in [0.05, 0.1) is 23.0 Å². The monoisotopic (exact) mass is 566 g/mol. The molecule has 200 valence electrons. The van der Waals surface area contributed by atoms with E-state index in [0.29, 0.717) is 37.6 Å². The number of sulfonamides is 2. The van der Waals surface area contributed by atoms with Crippen molar-refractivity contribution in [2.24, 2.45) is 0 Å². The predicted octanol–water partition coefficient (Wildman–Crippen LogP) is 2.32. The lowest BCUT2D eigenvalue weighted by Gasteiger charge is -2.26. The summed E-state index contributed by atoms with van der Waals surface area (Å²) >= 11 is 5.26. The maximum Gasteiger partial charge on any atom is 0.257 e. The number of aryl methyl sites for hydroxylation is 1. The number of benzene rings is 2. The summed E-state index contributed by atoms with van der Waals surface area (Å²) in [7, 11) is -7.31. The minimum Gasteiger partial charge on any atom is -0.379 e. The summed E-state index contributed by atoms with van der Waals surface area (Å²) < 4.78 is 59.7.